The molecule has 8 nitrogen and oxygen atoms in total. The summed E-state index contributed by atoms with van der Waals surface area (Å²) in [6.07, 6.45) is 4.64. The predicted octanol–water partition coefficient (Wildman–Crippen LogP) is 5.84. The minimum atomic E-state index is -0.911. The number of halogens is 2. The molecule has 0 bridgehead atoms. The van der Waals surface area contributed by atoms with Gasteiger partial charge in [0.05, 0.1) is 11.3 Å². The van der Waals surface area contributed by atoms with Crippen molar-refractivity contribution in [3.8, 4) is 11.4 Å². The summed E-state index contributed by atoms with van der Waals surface area (Å²) in [6, 6.07) is 16.1. The molecule has 1 saturated carbocycles. The Balaban J connectivity index is 1.29. The van der Waals surface area contributed by atoms with E-state index >= 15 is 0 Å². The van der Waals surface area contributed by atoms with E-state index in [4.69, 9.17) is 4.74 Å². The third-order valence-electron chi connectivity index (χ3n) is 7.14. The molecule has 1 aliphatic heterocycles. The fraction of sp³-hybridized carbons (Fsp3) is 0.321. The first kappa shape index (κ1) is 25.3. The Morgan fingerprint density at radius 2 is 2.05 bits per heavy atom. The number of hydrogen-bond acceptors (Lipinski definition) is 5. The Morgan fingerprint density at radius 1 is 1.21 bits per heavy atom. The van der Waals surface area contributed by atoms with Crippen LogP contribution in [0.5, 0.6) is 5.75 Å². The lowest BCUT2D eigenvalue weighted by Crippen LogP contribution is -2.37. The summed E-state index contributed by atoms with van der Waals surface area (Å²) >= 11 is 7.35. The second kappa shape index (κ2) is 9.66. The number of aryl methyl sites for hydroxylation is 1. The number of nitrogens with zero attached hydrogens (tertiary/aromatic N) is 5. The molecule has 38 heavy (non-hydrogen) atoms. The Bertz CT molecular complexity index is 1530. The summed E-state index contributed by atoms with van der Waals surface area (Å²) in [4.78, 5) is 14.5. The largest absolute Gasteiger partial charge is 0.478 e. The zero-order valence-electron chi connectivity index (χ0n) is 21.0. The first-order chi connectivity index (χ1) is 18.2. The molecule has 3 atom stereocenters. The minimum Gasteiger partial charge on any atom is -0.478 e. The number of fused-ring (bicyclic) bond motifs is 1. The maximum Gasteiger partial charge on any atom is 0.337 e. The molecular weight excluding hydrogens is 614 g/mol. The van der Waals surface area contributed by atoms with Crippen LogP contribution in [0.3, 0.4) is 0 Å². The highest BCUT2D eigenvalue weighted by atomic mass is 79.9. The van der Waals surface area contributed by atoms with E-state index in [0.29, 0.717) is 12.1 Å². The van der Waals surface area contributed by atoms with Gasteiger partial charge in [0, 0.05) is 72.3 Å². The van der Waals surface area contributed by atoms with Crippen LogP contribution < -0.4 is 4.74 Å². The molecule has 2 aromatic carbocycles. The van der Waals surface area contributed by atoms with Gasteiger partial charge in [-0.25, -0.2) is 4.79 Å². The van der Waals surface area contributed by atoms with Crippen LogP contribution in [0.25, 0.3) is 5.69 Å². The van der Waals surface area contributed by atoms with E-state index in [1.54, 1.807) is 10.7 Å². The van der Waals surface area contributed by atoms with E-state index in [1.165, 1.54) is 0 Å². The van der Waals surface area contributed by atoms with Crippen LogP contribution in [-0.4, -0.2) is 46.6 Å². The number of carbonyl (C=O) groups is 1. The molecule has 0 radical (unpaired) electrons. The Kier molecular flexibility index (Phi) is 6.44. The second-order valence-corrected chi connectivity index (χ2v) is 12.9. The molecule has 4 aromatic rings. The van der Waals surface area contributed by atoms with Crippen LogP contribution in [0.15, 0.2) is 65.4 Å². The minimum absolute atomic E-state index is 0.0864. The van der Waals surface area contributed by atoms with Gasteiger partial charge in [0.25, 0.3) is 0 Å². The Labute approximate surface area is 237 Å². The number of alkyl halides is 1. The molecule has 2 aromatic heterocycles. The van der Waals surface area contributed by atoms with Crippen molar-refractivity contribution in [1.29, 1.82) is 0 Å². The predicted molar refractivity (Wildman–Crippen MR) is 150 cm³/mol. The third-order valence-corrected chi connectivity index (χ3v) is 8.04. The van der Waals surface area contributed by atoms with Crippen molar-refractivity contribution >= 4 is 37.8 Å². The first-order valence-electron chi connectivity index (χ1n) is 12.5. The summed E-state index contributed by atoms with van der Waals surface area (Å²) in [5.41, 5.74) is 5.28. The molecule has 10 heteroatoms. The molecule has 3 heterocycles. The Hall–Kier alpha value is -2.95. The first-order valence-corrected chi connectivity index (χ1v) is 14.0. The van der Waals surface area contributed by atoms with Gasteiger partial charge >= 0.3 is 5.97 Å². The van der Waals surface area contributed by atoms with E-state index in [9.17, 15) is 9.90 Å². The van der Waals surface area contributed by atoms with Gasteiger partial charge in [-0.2, -0.15) is 0 Å². The molecule has 0 amide bonds. The standard InChI is InChI=1S/C28H27Br2N5O3/c1-28(30)16-34(14-18-11-19(29)6-7-25(18)38-28)13-17-4-3-5-20(10-17)35-9-8-21(27(36)37)26(35)23-12-22(23)24-15-33(2)32-31-24/h3-11,15,22-23H,12-14,16H2,1-2H3,(H,36,37)/t22-,23-,28?/m1/s1. The van der Waals surface area contributed by atoms with Crippen molar-refractivity contribution in [2.24, 2.45) is 7.05 Å². The third kappa shape index (κ3) is 5.04. The van der Waals surface area contributed by atoms with Crippen LogP contribution in [-0.2, 0) is 20.1 Å². The lowest BCUT2D eigenvalue weighted by molar-refractivity contribution is 0.0695. The SMILES string of the molecule is Cn1cc([C@@H]2C[C@H]2c2c(C(=O)O)ccn2-c2cccc(CN3Cc4cc(Br)ccc4OC(C)(Br)C3)c2)nn1. The number of rotatable bonds is 6. The highest BCUT2D eigenvalue weighted by Gasteiger charge is 2.45. The van der Waals surface area contributed by atoms with Gasteiger partial charge in [0.1, 0.15) is 5.75 Å². The molecule has 1 unspecified atom stereocenters. The zero-order valence-corrected chi connectivity index (χ0v) is 24.2. The van der Waals surface area contributed by atoms with Gasteiger partial charge in [-0.1, -0.05) is 33.3 Å². The lowest BCUT2D eigenvalue weighted by atomic mass is 10.1. The molecule has 1 fully saturated rings. The van der Waals surface area contributed by atoms with E-state index in [-0.39, 0.29) is 11.8 Å². The highest BCUT2D eigenvalue weighted by Crippen LogP contribution is 2.55. The molecule has 1 N–H and O–H groups in total. The van der Waals surface area contributed by atoms with Crippen LogP contribution in [0.2, 0.25) is 0 Å². The molecule has 1 aliphatic carbocycles. The van der Waals surface area contributed by atoms with Crippen molar-refractivity contribution < 1.29 is 14.6 Å². The van der Waals surface area contributed by atoms with Crippen molar-refractivity contribution in [2.45, 2.75) is 42.8 Å². The number of aromatic carboxylic acids is 1. The van der Waals surface area contributed by atoms with Crippen molar-refractivity contribution in [3.63, 3.8) is 0 Å². The van der Waals surface area contributed by atoms with Crippen molar-refractivity contribution in [1.82, 2.24) is 24.5 Å². The normalized spacial score (nSPS) is 22.9. The van der Waals surface area contributed by atoms with Gasteiger partial charge in [-0.15, -0.1) is 5.10 Å². The summed E-state index contributed by atoms with van der Waals surface area (Å²) in [7, 11) is 1.84. The molecule has 0 saturated heterocycles. The van der Waals surface area contributed by atoms with Gasteiger partial charge < -0.3 is 14.4 Å². The summed E-state index contributed by atoms with van der Waals surface area (Å²) in [5.74, 6) is 0.227. The van der Waals surface area contributed by atoms with Crippen molar-refractivity contribution in [3.05, 3.63) is 93.5 Å². The summed E-state index contributed by atoms with van der Waals surface area (Å²) < 4.78 is 10.5. The molecule has 196 valence electrons. The van der Waals surface area contributed by atoms with Gasteiger partial charge in [-0.3, -0.25) is 9.58 Å². The number of hydrogen-bond donors (Lipinski definition) is 1. The van der Waals surface area contributed by atoms with E-state index < -0.39 is 10.5 Å². The smallest absolute Gasteiger partial charge is 0.337 e. The molecular formula is C28H27Br2N5O3. The number of carboxylic acids is 1. The quantitative estimate of drug-likeness (QED) is 0.267. The maximum atomic E-state index is 12.1. The zero-order chi connectivity index (χ0) is 26.6. The van der Waals surface area contributed by atoms with Crippen molar-refractivity contribution in [2.75, 3.05) is 6.54 Å². The van der Waals surface area contributed by atoms with Gasteiger partial charge in [-0.05, 0) is 71.2 Å². The number of benzene rings is 2. The van der Waals surface area contributed by atoms with Gasteiger partial charge in [0.2, 0.25) is 0 Å². The van der Waals surface area contributed by atoms with Gasteiger partial charge in [0.15, 0.2) is 4.51 Å². The second-order valence-electron chi connectivity index (χ2n) is 10.3. The number of ether oxygens (including phenoxy) is 1. The maximum absolute atomic E-state index is 12.1. The van der Waals surface area contributed by atoms with E-state index in [1.807, 2.05) is 55.2 Å². The fourth-order valence-electron chi connectivity index (χ4n) is 5.49. The van der Waals surface area contributed by atoms with Crippen LogP contribution >= 0.6 is 31.9 Å². The lowest BCUT2D eigenvalue weighted by Gasteiger charge is -2.28. The topological polar surface area (TPSA) is 85.4 Å². The van der Waals surface area contributed by atoms with Crippen LogP contribution in [0.1, 0.15) is 58.1 Å². The molecule has 6 rings (SSSR count). The summed E-state index contributed by atoms with van der Waals surface area (Å²) in [6.45, 7) is 4.21. The molecule has 0 spiro atoms. The monoisotopic (exact) mass is 639 g/mol. The average Bonchev–Trinajstić information content (AvgIpc) is 3.34. The summed E-state index contributed by atoms with van der Waals surface area (Å²) in [5, 5.41) is 18.3. The van der Waals surface area contributed by atoms with E-state index in [0.717, 1.165) is 57.9 Å². The highest BCUT2D eigenvalue weighted by molar-refractivity contribution is 9.10. The average molecular weight is 641 g/mol. The number of carboxylic acid groups (broad SMARTS) is 1. The Morgan fingerprint density at radius 3 is 2.82 bits per heavy atom. The van der Waals surface area contributed by atoms with Crippen LogP contribution in [0.4, 0.5) is 0 Å². The van der Waals surface area contributed by atoms with E-state index in [2.05, 4.69) is 65.3 Å². The van der Waals surface area contributed by atoms with Crippen LogP contribution in [0, 0.1) is 0 Å². The number of aromatic nitrogens is 4. The molecule has 2 aliphatic rings. The fourth-order valence-corrected chi connectivity index (χ4v) is 6.43.